The van der Waals surface area contributed by atoms with Gasteiger partial charge in [0.2, 0.25) is 0 Å². The standard InChI is InChI=1S/C50H38N4/c1-32(2)44-28-26-39-25-27-43-33(3)29-45(52-49(43)48(39)51-44)42-16-10-15-41(30-42)36-19-23-40(24-20-36)50-53-46(37-13-8-5-9-14-37)31-47(54-50)38-21-17-35(18-22-38)34-11-6-4-7-12-34/h4-32H,1-3H3. The first-order valence-corrected chi connectivity index (χ1v) is 18.5. The number of benzene rings is 6. The van der Waals surface area contributed by atoms with Gasteiger partial charge in [0.1, 0.15) is 0 Å². The Labute approximate surface area is 315 Å². The van der Waals surface area contributed by atoms with Crippen LogP contribution >= 0.6 is 0 Å². The van der Waals surface area contributed by atoms with Crippen molar-refractivity contribution < 1.29 is 0 Å². The van der Waals surface area contributed by atoms with Crippen molar-refractivity contribution >= 4 is 21.8 Å². The van der Waals surface area contributed by atoms with E-state index in [1.165, 1.54) is 16.7 Å². The molecule has 0 aliphatic rings. The third kappa shape index (κ3) is 6.44. The minimum atomic E-state index is 0.344. The van der Waals surface area contributed by atoms with E-state index in [1.54, 1.807) is 0 Å². The minimum absolute atomic E-state index is 0.344. The highest BCUT2D eigenvalue weighted by Crippen LogP contribution is 2.34. The lowest BCUT2D eigenvalue weighted by Gasteiger charge is -2.12. The van der Waals surface area contributed by atoms with Gasteiger partial charge in [0, 0.05) is 38.7 Å². The van der Waals surface area contributed by atoms with Crippen LogP contribution in [0.5, 0.6) is 0 Å². The largest absolute Gasteiger partial charge is 0.250 e. The van der Waals surface area contributed by atoms with E-state index in [0.717, 1.165) is 78.0 Å². The van der Waals surface area contributed by atoms with Crippen molar-refractivity contribution in [2.45, 2.75) is 26.7 Å². The van der Waals surface area contributed by atoms with Gasteiger partial charge in [-0.15, -0.1) is 0 Å². The molecule has 258 valence electrons. The number of nitrogens with zero attached hydrogens (tertiary/aromatic N) is 4. The first-order valence-electron chi connectivity index (χ1n) is 18.5. The van der Waals surface area contributed by atoms with E-state index >= 15 is 0 Å². The molecule has 0 amide bonds. The normalized spacial score (nSPS) is 11.4. The highest BCUT2D eigenvalue weighted by Gasteiger charge is 2.14. The molecule has 0 aliphatic carbocycles. The lowest BCUT2D eigenvalue weighted by molar-refractivity contribution is 0.830. The molecule has 0 atom stereocenters. The molecular weight excluding hydrogens is 657 g/mol. The smallest absolute Gasteiger partial charge is 0.160 e. The Bertz CT molecular complexity index is 2770. The summed E-state index contributed by atoms with van der Waals surface area (Å²) in [6.07, 6.45) is 0. The second-order valence-electron chi connectivity index (χ2n) is 14.2. The number of aryl methyl sites for hydroxylation is 1. The molecule has 54 heavy (non-hydrogen) atoms. The van der Waals surface area contributed by atoms with Crippen molar-refractivity contribution in [1.82, 2.24) is 19.9 Å². The third-order valence-corrected chi connectivity index (χ3v) is 10.2. The number of hydrogen-bond acceptors (Lipinski definition) is 4. The number of rotatable bonds is 7. The molecule has 0 bridgehead atoms. The number of fused-ring (bicyclic) bond motifs is 3. The van der Waals surface area contributed by atoms with Gasteiger partial charge in [-0.1, -0.05) is 159 Å². The number of hydrogen-bond donors (Lipinski definition) is 0. The summed E-state index contributed by atoms with van der Waals surface area (Å²) in [7, 11) is 0. The van der Waals surface area contributed by atoms with Crippen molar-refractivity contribution in [3.63, 3.8) is 0 Å². The SMILES string of the molecule is Cc1cc(-c2cccc(-c3ccc(-c4nc(-c5ccccc5)cc(-c5ccc(-c6ccccc6)cc5)n4)cc3)c2)nc2c1ccc1ccc(C(C)C)nc12. The Hall–Kier alpha value is -6.78. The van der Waals surface area contributed by atoms with E-state index in [2.05, 4.69) is 166 Å². The van der Waals surface area contributed by atoms with Gasteiger partial charge in [0.05, 0.1) is 28.1 Å². The molecule has 0 fully saturated rings. The summed E-state index contributed by atoms with van der Waals surface area (Å²) in [6.45, 7) is 6.52. The van der Waals surface area contributed by atoms with Crippen LogP contribution in [0.15, 0.2) is 170 Å². The molecule has 0 saturated heterocycles. The Balaban J connectivity index is 1.06. The predicted octanol–water partition coefficient (Wildman–Crippen LogP) is 13.0. The Morgan fingerprint density at radius 3 is 1.57 bits per heavy atom. The zero-order chi connectivity index (χ0) is 36.6. The molecule has 3 aromatic heterocycles. The molecule has 4 heteroatoms. The quantitative estimate of drug-likeness (QED) is 0.156. The first-order chi connectivity index (χ1) is 26.5. The van der Waals surface area contributed by atoms with E-state index in [-0.39, 0.29) is 0 Å². The molecule has 6 aromatic carbocycles. The summed E-state index contributed by atoms with van der Waals surface area (Å²) >= 11 is 0. The highest BCUT2D eigenvalue weighted by molar-refractivity contribution is 6.04. The fourth-order valence-corrected chi connectivity index (χ4v) is 7.14. The van der Waals surface area contributed by atoms with Crippen LogP contribution in [0.1, 0.15) is 31.0 Å². The van der Waals surface area contributed by atoms with E-state index < -0.39 is 0 Å². The topological polar surface area (TPSA) is 51.6 Å². The molecule has 0 unspecified atom stereocenters. The molecule has 0 saturated carbocycles. The lowest BCUT2D eigenvalue weighted by atomic mass is 9.98. The highest BCUT2D eigenvalue weighted by atomic mass is 14.9. The van der Waals surface area contributed by atoms with Gasteiger partial charge in [-0.25, -0.2) is 15.0 Å². The zero-order valence-corrected chi connectivity index (χ0v) is 30.5. The van der Waals surface area contributed by atoms with Crippen LogP contribution < -0.4 is 0 Å². The second kappa shape index (κ2) is 14.0. The van der Waals surface area contributed by atoms with Gasteiger partial charge in [0.25, 0.3) is 0 Å². The minimum Gasteiger partial charge on any atom is -0.250 e. The molecule has 0 aliphatic heterocycles. The summed E-state index contributed by atoms with van der Waals surface area (Å²) < 4.78 is 0. The van der Waals surface area contributed by atoms with Gasteiger partial charge in [-0.2, -0.15) is 0 Å². The Morgan fingerprint density at radius 2 is 0.889 bits per heavy atom. The lowest BCUT2D eigenvalue weighted by Crippen LogP contribution is -1.96. The summed E-state index contributed by atoms with van der Waals surface area (Å²) in [5, 5.41) is 2.24. The van der Waals surface area contributed by atoms with E-state index in [9.17, 15) is 0 Å². The number of aromatic nitrogens is 4. The second-order valence-corrected chi connectivity index (χ2v) is 14.2. The average molecular weight is 695 g/mol. The van der Waals surface area contributed by atoms with Crippen molar-refractivity contribution in [1.29, 1.82) is 0 Å². The monoisotopic (exact) mass is 694 g/mol. The van der Waals surface area contributed by atoms with E-state index in [4.69, 9.17) is 19.9 Å². The Morgan fingerprint density at radius 1 is 0.370 bits per heavy atom. The van der Waals surface area contributed by atoms with Gasteiger partial charge < -0.3 is 0 Å². The molecule has 0 radical (unpaired) electrons. The fourth-order valence-electron chi connectivity index (χ4n) is 7.14. The summed E-state index contributed by atoms with van der Waals surface area (Å²) in [4.78, 5) is 20.5. The Kier molecular flexibility index (Phi) is 8.57. The zero-order valence-electron chi connectivity index (χ0n) is 30.5. The summed E-state index contributed by atoms with van der Waals surface area (Å²) in [5.41, 5.74) is 15.6. The van der Waals surface area contributed by atoms with Crippen molar-refractivity contribution in [3.05, 3.63) is 181 Å². The van der Waals surface area contributed by atoms with Crippen LogP contribution in [0.4, 0.5) is 0 Å². The maximum Gasteiger partial charge on any atom is 0.160 e. The van der Waals surface area contributed by atoms with Crippen LogP contribution in [-0.4, -0.2) is 19.9 Å². The van der Waals surface area contributed by atoms with Gasteiger partial charge in [0.15, 0.2) is 5.82 Å². The van der Waals surface area contributed by atoms with Crippen LogP contribution in [0, 0.1) is 6.92 Å². The van der Waals surface area contributed by atoms with Gasteiger partial charge in [-0.05, 0) is 64.9 Å². The first kappa shape index (κ1) is 33.1. The van der Waals surface area contributed by atoms with Crippen LogP contribution in [-0.2, 0) is 0 Å². The van der Waals surface area contributed by atoms with Gasteiger partial charge in [-0.3, -0.25) is 4.98 Å². The molecule has 4 nitrogen and oxygen atoms in total. The van der Waals surface area contributed by atoms with Crippen molar-refractivity contribution in [3.8, 4) is 67.4 Å². The van der Waals surface area contributed by atoms with E-state index in [0.29, 0.717) is 11.7 Å². The maximum atomic E-state index is 5.23. The molecule has 0 N–H and O–H groups in total. The molecule has 9 aromatic rings. The molecule has 3 heterocycles. The van der Waals surface area contributed by atoms with Crippen LogP contribution in [0.2, 0.25) is 0 Å². The summed E-state index contributed by atoms with van der Waals surface area (Å²) in [6, 6.07) is 59.4. The van der Waals surface area contributed by atoms with Crippen LogP contribution in [0.25, 0.3) is 89.2 Å². The molecular formula is C50H38N4. The molecule has 0 spiro atoms. The van der Waals surface area contributed by atoms with E-state index in [1.807, 2.05) is 24.3 Å². The average Bonchev–Trinajstić information content (AvgIpc) is 3.24. The third-order valence-electron chi connectivity index (χ3n) is 10.2. The van der Waals surface area contributed by atoms with Gasteiger partial charge >= 0.3 is 0 Å². The number of pyridine rings is 2. The van der Waals surface area contributed by atoms with Crippen LogP contribution in [0.3, 0.4) is 0 Å². The maximum absolute atomic E-state index is 5.23. The van der Waals surface area contributed by atoms with Crippen molar-refractivity contribution in [2.75, 3.05) is 0 Å². The summed E-state index contributed by atoms with van der Waals surface area (Å²) in [5.74, 6) is 1.03. The van der Waals surface area contributed by atoms with Crippen molar-refractivity contribution in [2.24, 2.45) is 0 Å². The molecule has 9 rings (SSSR count). The predicted molar refractivity (Wildman–Crippen MR) is 224 cm³/mol. The fraction of sp³-hybridized carbons (Fsp3) is 0.0800.